The van der Waals surface area contributed by atoms with Crippen molar-refractivity contribution in [3.63, 3.8) is 0 Å². The molecule has 0 saturated carbocycles. The molecule has 0 bridgehead atoms. The van der Waals surface area contributed by atoms with Gasteiger partial charge in [-0.25, -0.2) is 9.16 Å². The number of benzene rings is 4. The van der Waals surface area contributed by atoms with Gasteiger partial charge in [0.15, 0.2) is 0 Å². The van der Waals surface area contributed by atoms with Crippen LogP contribution in [0.3, 0.4) is 0 Å². The lowest BCUT2D eigenvalue weighted by Gasteiger charge is -2.60. The molecule has 0 unspecified atom stereocenters. The summed E-state index contributed by atoms with van der Waals surface area (Å²) in [4.78, 5) is 5.57. The average molecular weight is 463 g/mol. The van der Waals surface area contributed by atoms with Gasteiger partial charge in [-0.2, -0.15) is 0 Å². The number of hydrogen-bond acceptors (Lipinski definition) is 0. The summed E-state index contributed by atoms with van der Waals surface area (Å²) < 4.78 is 0. The summed E-state index contributed by atoms with van der Waals surface area (Å²) in [7, 11) is -2.96. The van der Waals surface area contributed by atoms with Crippen LogP contribution >= 0.6 is 9.16 Å². The van der Waals surface area contributed by atoms with Crippen LogP contribution in [0.15, 0.2) is 152 Å². The Labute approximate surface area is 205 Å². The molecule has 172 valence electrons. The first kappa shape index (κ1) is 22.5. The summed E-state index contributed by atoms with van der Waals surface area (Å²) >= 11 is 0. The molecule has 0 amide bonds. The highest BCUT2D eigenvalue weighted by Crippen LogP contribution is 2.87. The predicted octanol–water partition coefficient (Wildman–Crippen LogP) is 9.44. The van der Waals surface area contributed by atoms with Crippen molar-refractivity contribution in [1.82, 2.24) is 0 Å². The number of allylic oxidation sites excluding steroid dienone is 4. The van der Waals surface area contributed by atoms with E-state index in [9.17, 15) is 0 Å². The van der Waals surface area contributed by atoms with E-state index in [0.29, 0.717) is 0 Å². The largest absolute Gasteiger partial charge is 0.202 e. The van der Waals surface area contributed by atoms with Crippen LogP contribution < -0.4 is 0 Å². The normalized spacial score (nSPS) is 15.4. The summed E-state index contributed by atoms with van der Waals surface area (Å²) in [5.74, 6) is 0. The molecule has 0 radical (unpaired) electrons. The Kier molecular flexibility index (Phi) is 5.83. The quantitative estimate of drug-likeness (QED) is 0.281. The van der Waals surface area contributed by atoms with Gasteiger partial charge >= 0.3 is 0 Å². The zero-order valence-electron chi connectivity index (χ0n) is 20.4. The lowest BCUT2D eigenvalue weighted by molar-refractivity contribution is 0.945. The van der Waals surface area contributed by atoms with Crippen LogP contribution in [-0.2, 0) is 0 Å². The zero-order valence-corrected chi connectivity index (χ0v) is 21.3. The highest BCUT2D eigenvalue weighted by atomic mass is 32.3. The van der Waals surface area contributed by atoms with Gasteiger partial charge in [0.1, 0.15) is 0 Å². The van der Waals surface area contributed by atoms with E-state index in [0.717, 1.165) is 6.42 Å². The van der Waals surface area contributed by atoms with E-state index in [-0.39, 0.29) is 0 Å². The Bertz CT molecular complexity index is 1250. The molecular weight excluding hydrogens is 428 g/mol. The maximum Gasteiger partial charge on any atom is -0.0141 e. The molecule has 5 rings (SSSR count). The van der Waals surface area contributed by atoms with E-state index < -0.39 is 9.16 Å². The third-order valence-electron chi connectivity index (χ3n) is 7.94. The Morgan fingerprint density at radius 2 is 0.941 bits per heavy atom. The van der Waals surface area contributed by atoms with Crippen LogP contribution in [0.5, 0.6) is 0 Å². The van der Waals surface area contributed by atoms with Gasteiger partial charge in [0.05, 0.1) is 0 Å². The molecular formula is C33H34S. The minimum Gasteiger partial charge on any atom is -0.202 e. The Morgan fingerprint density at radius 3 is 1.38 bits per heavy atom. The second kappa shape index (κ2) is 8.81. The zero-order chi connectivity index (χ0) is 23.6. The molecule has 0 spiro atoms. The molecule has 34 heavy (non-hydrogen) atoms. The summed E-state index contributed by atoms with van der Waals surface area (Å²) in [5, 5.41) is 0. The van der Waals surface area contributed by atoms with E-state index in [2.05, 4.69) is 141 Å². The summed E-state index contributed by atoms with van der Waals surface area (Å²) in [6.07, 6.45) is 7.24. The van der Waals surface area contributed by atoms with Crippen molar-refractivity contribution < 1.29 is 0 Å². The van der Waals surface area contributed by atoms with Gasteiger partial charge in [-0.3, -0.25) is 0 Å². The van der Waals surface area contributed by atoms with Gasteiger partial charge in [0.2, 0.25) is 0 Å². The highest BCUT2D eigenvalue weighted by Gasteiger charge is 2.43. The van der Waals surface area contributed by atoms with Crippen molar-refractivity contribution in [1.29, 1.82) is 0 Å². The van der Waals surface area contributed by atoms with Gasteiger partial charge in [-0.05, 0) is 69.2 Å². The molecule has 1 aliphatic carbocycles. The Morgan fingerprint density at radius 1 is 0.529 bits per heavy atom. The molecule has 0 aromatic heterocycles. The van der Waals surface area contributed by atoms with Crippen molar-refractivity contribution in [2.24, 2.45) is 0 Å². The third kappa shape index (κ3) is 3.38. The van der Waals surface area contributed by atoms with Crippen molar-refractivity contribution >= 4 is 14.7 Å². The molecule has 4 aromatic carbocycles. The average Bonchev–Trinajstić information content (AvgIpc) is 2.91. The minimum absolute atomic E-state index is 1.13. The maximum absolute atomic E-state index is 2.96. The van der Waals surface area contributed by atoms with Gasteiger partial charge in [-0.1, -0.05) is 127 Å². The second-order valence-corrected chi connectivity index (χ2v) is 14.9. The SMILES string of the molecule is CC1=C(C)C(c2ccc([SH](C)(c3ccccc3)(c3ccccc3)c3ccccc3)cc2)=CCC1. The van der Waals surface area contributed by atoms with E-state index in [1.807, 2.05) is 0 Å². The Hall–Kier alpha value is -3.29. The molecule has 0 nitrogen and oxygen atoms in total. The monoisotopic (exact) mass is 462 g/mol. The third-order valence-corrected chi connectivity index (χ3v) is 14.3. The fourth-order valence-electron chi connectivity index (χ4n) is 5.65. The first-order valence-electron chi connectivity index (χ1n) is 12.2. The van der Waals surface area contributed by atoms with Gasteiger partial charge < -0.3 is 0 Å². The van der Waals surface area contributed by atoms with Crippen molar-refractivity contribution in [2.75, 3.05) is 6.26 Å². The van der Waals surface area contributed by atoms with Gasteiger partial charge in [-0.15, -0.1) is 0 Å². The predicted molar refractivity (Wildman–Crippen MR) is 149 cm³/mol. The minimum atomic E-state index is -2.96. The topological polar surface area (TPSA) is 0 Å². The molecule has 0 heterocycles. The number of rotatable bonds is 5. The van der Waals surface area contributed by atoms with Crippen molar-refractivity contribution in [3.8, 4) is 0 Å². The molecule has 1 aliphatic rings. The Balaban J connectivity index is 1.81. The molecule has 0 atom stereocenters. The van der Waals surface area contributed by atoms with E-state index in [1.54, 1.807) is 0 Å². The molecule has 1 heteroatoms. The fourth-order valence-corrected chi connectivity index (χ4v) is 11.1. The first-order chi connectivity index (χ1) is 16.5. The van der Waals surface area contributed by atoms with E-state index in [1.165, 1.54) is 48.3 Å². The van der Waals surface area contributed by atoms with Crippen LogP contribution in [0.4, 0.5) is 0 Å². The molecule has 0 N–H and O–H groups in total. The maximum atomic E-state index is 2.52. The first-order valence-corrected chi connectivity index (χ1v) is 14.9. The van der Waals surface area contributed by atoms with E-state index >= 15 is 0 Å². The molecule has 0 saturated heterocycles. The van der Waals surface area contributed by atoms with Crippen LogP contribution in [0, 0.1) is 0 Å². The summed E-state index contributed by atoms with van der Waals surface area (Å²) in [6, 6.07) is 42.9. The van der Waals surface area contributed by atoms with Gasteiger partial charge in [0, 0.05) is 0 Å². The summed E-state index contributed by atoms with van der Waals surface area (Å²) in [5.41, 5.74) is 5.65. The van der Waals surface area contributed by atoms with Crippen LogP contribution in [0.1, 0.15) is 32.3 Å². The fraction of sp³-hybridized carbons (Fsp3) is 0.152. The molecule has 4 aromatic rings. The second-order valence-electron chi connectivity index (χ2n) is 9.68. The van der Waals surface area contributed by atoms with Crippen LogP contribution in [0.25, 0.3) is 5.57 Å². The summed E-state index contributed by atoms with van der Waals surface area (Å²) in [6.45, 7) is 4.54. The number of thiol groups is 1. The van der Waals surface area contributed by atoms with Crippen LogP contribution in [-0.4, -0.2) is 6.26 Å². The van der Waals surface area contributed by atoms with Gasteiger partial charge in [0.25, 0.3) is 0 Å². The highest BCUT2D eigenvalue weighted by molar-refractivity contribution is 8.49. The molecule has 0 fully saturated rings. The van der Waals surface area contributed by atoms with Crippen molar-refractivity contribution in [3.05, 3.63) is 138 Å². The standard InChI is InChI=1S/C33H34S/c1-26-14-13-21-33(27(26)2)28-22-24-32(25-23-28)34(3,29-15-7-4-8-16-29,30-17-9-5-10-18-30)31-19-11-6-12-20-31/h4-12,15-25,34H,13-14H2,1-3H3. The molecule has 0 aliphatic heterocycles. The lowest BCUT2D eigenvalue weighted by atomic mass is 9.88. The van der Waals surface area contributed by atoms with E-state index in [4.69, 9.17) is 0 Å². The lowest BCUT2D eigenvalue weighted by Crippen LogP contribution is -2.19. The number of hydrogen-bond donors (Lipinski definition) is 1. The smallest absolute Gasteiger partial charge is 0.0141 e. The van der Waals surface area contributed by atoms with Crippen LogP contribution in [0.2, 0.25) is 0 Å². The van der Waals surface area contributed by atoms with Crippen molar-refractivity contribution in [2.45, 2.75) is 46.3 Å².